The summed E-state index contributed by atoms with van der Waals surface area (Å²) in [5, 5.41) is 25.8. The molecule has 2 aromatic rings. The lowest BCUT2D eigenvalue weighted by Gasteiger charge is -2.10. The largest absolute Gasteiger partial charge is 0.481 e. The molecule has 3 atom stereocenters. The molecule has 0 saturated heterocycles. The number of nitrogens with zero attached hydrogens (tertiary/aromatic N) is 5. The number of carboxylic acid groups (broad SMARTS) is 1. The maximum atomic E-state index is 11.1. The Morgan fingerprint density at radius 2 is 2.04 bits per heavy atom. The standard InChI is InChI=1S/C13H19N7O2.C2H4O2/c1-19-12(2-3-16-19)20-13(7-4-8(14)9(21)5-7)17-11(18-20)6-10(15)22;1-2(3)4/h2-3,7-9,21H,4-6,14H2,1H3,(H2,15,22);1H3,(H,3,4)/t7-,8+,9+;/m0./s1. The topological polar surface area (TPSA) is 175 Å². The maximum absolute atomic E-state index is 11.1. The number of hydrogen-bond donors (Lipinski definition) is 4. The lowest BCUT2D eigenvalue weighted by Crippen LogP contribution is -2.28. The summed E-state index contributed by atoms with van der Waals surface area (Å²) in [4.78, 5) is 24.6. The van der Waals surface area contributed by atoms with Crippen LogP contribution in [0.5, 0.6) is 0 Å². The van der Waals surface area contributed by atoms with Crippen LogP contribution in [0.1, 0.15) is 37.3 Å². The fourth-order valence-electron chi connectivity index (χ4n) is 2.87. The van der Waals surface area contributed by atoms with Crippen molar-refractivity contribution in [1.82, 2.24) is 24.5 Å². The van der Waals surface area contributed by atoms with Crippen LogP contribution in [0.4, 0.5) is 0 Å². The molecule has 1 saturated carbocycles. The quantitative estimate of drug-likeness (QED) is 0.516. The van der Waals surface area contributed by atoms with Gasteiger partial charge in [-0.2, -0.15) is 9.78 Å². The molecule has 2 heterocycles. The van der Waals surface area contributed by atoms with Crippen LogP contribution in [-0.2, 0) is 23.1 Å². The smallest absolute Gasteiger partial charge is 0.300 e. The monoisotopic (exact) mass is 365 g/mol. The summed E-state index contributed by atoms with van der Waals surface area (Å²) in [6.45, 7) is 1.08. The molecule has 1 aliphatic carbocycles. The minimum Gasteiger partial charge on any atom is -0.481 e. The van der Waals surface area contributed by atoms with Crippen LogP contribution in [0, 0.1) is 0 Å². The molecule has 3 rings (SSSR count). The second kappa shape index (κ2) is 8.06. The van der Waals surface area contributed by atoms with E-state index in [1.54, 1.807) is 28.7 Å². The highest BCUT2D eigenvalue weighted by Crippen LogP contribution is 2.33. The lowest BCUT2D eigenvalue weighted by atomic mass is 10.1. The molecule has 0 radical (unpaired) electrons. The van der Waals surface area contributed by atoms with Gasteiger partial charge in [0.15, 0.2) is 11.6 Å². The summed E-state index contributed by atoms with van der Waals surface area (Å²) in [6.07, 6.45) is 2.21. The van der Waals surface area contributed by atoms with Crippen molar-refractivity contribution < 1.29 is 19.8 Å². The van der Waals surface area contributed by atoms with Gasteiger partial charge in [-0.3, -0.25) is 14.3 Å². The third-order valence-corrected chi connectivity index (χ3v) is 3.96. The van der Waals surface area contributed by atoms with E-state index in [0.29, 0.717) is 24.5 Å². The number of carboxylic acids is 1. The molecule has 6 N–H and O–H groups in total. The highest BCUT2D eigenvalue weighted by molar-refractivity contribution is 5.75. The van der Waals surface area contributed by atoms with E-state index < -0.39 is 18.0 Å². The first-order chi connectivity index (χ1) is 12.2. The Morgan fingerprint density at radius 3 is 2.50 bits per heavy atom. The van der Waals surface area contributed by atoms with Crippen LogP contribution in [0.2, 0.25) is 0 Å². The number of aromatic nitrogens is 5. The number of carbonyl (C=O) groups excluding carboxylic acids is 1. The molecule has 11 nitrogen and oxygen atoms in total. The molecule has 0 spiro atoms. The molecule has 0 aliphatic heterocycles. The number of rotatable bonds is 4. The van der Waals surface area contributed by atoms with Crippen LogP contribution >= 0.6 is 0 Å². The van der Waals surface area contributed by atoms with E-state index in [2.05, 4.69) is 15.2 Å². The molecule has 2 aromatic heterocycles. The van der Waals surface area contributed by atoms with Gasteiger partial charge in [0.1, 0.15) is 5.82 Å². The van der Waals surface area contributed by atoms with Gasteiger partial charge in [-0.1, -0.05) is 0 Å². The van der Waals surface area contributed by atoms with Gasteiger partial charge in [-0.05, 0) is 12.8 Å². The average Bonchev–Trinajstić information content (AvgIpc) is 3.18. The Morgan fingerprint density at radius 1 is 1.38 bits per heavy atom. The molecule has 1 amide bonds. The Bertz CT molecular complexity index is 771. The SMILES string of the molecule is CC(=O)O.Cn1nccc1-n1nc(CC(N)=O)nc1[C@H]1C[C@@H](N)[C@H](O)C1. The lowest BCUT2D eigenvalue weighted by molar-refractivity contribution is -0.134. The van der Waals surface area contributed by atoms with Gasteiger partial charge in [0.05, 0.1) is 18.7 Å². The van der Waals surface area contributed by atoms with E-state index in [4.69, 9.17) is 21.4 Å². The number of primary amides is 1. The highest BCUT2D eigenvalue weighted by Gasteiger charge is 2.35. The molecule has 0 unspecified atom stereocenters. The Kier molecular flexibility index (Phi) is 6.05. The molecule has 0 bridgehead atoms. The van der Waals surface area contributed by atoms with Crippen molar-refractivity contribution in [1.29, 1.82) is 0 Å². The van der Waals surface area contributed by atoms with Crippen molar-refractivity contribution in [3.05, 3.63) is 23.9 Å². The molecule has 11 heteroatoms. The summed E-state index contributed by atoms with van der Waals surface area (Å²) < 4.78 is 3.32. The molecule has 0 aromatic carbocycles. The summed E-state index contributed by atoms with van der Waals surface area (Å²) in [6, 6.07) is 1.53. The first-order valence-electron chi connectivity index (χ1n) is 8.04. The van der Waals surface area contributed by atoms with E-state index in [-0.39, 0.29) is 18.4 Å². The molecule has 26 heavy (non-hydrogen) atoms. The predicted octanol–water partition coefficient (Wildman–Crippen LogP) is -1.31. The third kappa shape index (κ3) is 4.64. The van der Waals surface area contributed by atoms with Crippen LogP contribution in [0.15, 0.2) is 12.3 Å². The molecule has 1 fully saturated rings. The third-order valence-electron chi connectivity index (χ3n) is 3.96. The van der Waals surface area contributed by atoms with Crippen LogP contribution < -0.4 is 11.5 Å². The summed E-state index contributed by atoms with van der Waals surface area (Å²) in [5.41, 5.74) is 11.1. The van der Waals surface area contributed by atoms with Gasteiger partial charge in [0.2, 0.25) is 5.91 Å². The fourth-order valence-corrected chi connectivity index (χ4v) is 2.87. The van der Waals surface area contributed by atoms with Crippen molar-refractivity contribution in [2.75, 3.05) is 0 Å². The predicted molar refractivity (Wildman–Crippen MR) is 90.3 cm³/mol. The molecule has 1 aliphatic rings. The van der Waals surface area contributed by atoms with Gasteiger partial charge in [-0.15, -0.1) is 5.10 Å². The van der Waals surface area contributed by atoms with Gasteiger partial charge < -0.3 is 21.7 Å². The number of amides is 1. The van der Waals surface area contributed by atoms with E-state index in [9.17, 15) is 9.90 Å². The number of aliphatic hydroxyl groups excluding tert-OH is 1. The van der Waals surface area contributed by atoms with Crippen LogP contribution in [-0.4, -0.2) is 58.8 Å². The number of aliphatic carboxylic acids is 1. The zero-order chi connectivity index (χ0) is 19.4. The number of carbonyl (C=O) groups is 2. The van der Waals surface area contributed by atoms with E-state index >= 15 is 0 Å². The first kappa shape index (κ1) is 19.5. The van der Waals surface area contributed by atoms with Gasteiger partial charge in [0, 0.05) is 32.0 Å². The van der Waals surface area contributed by atoms with Crippen LogP contribution in [0.25, 0.3) is 5.82 Å². The number of aryl methyl sites for hydroxylation is 1. The van der Waals surface area contributed by atoms with Crippen molar-refractivity contribution in [3.8, 4) is 5.82 Å². The Balaban J connectivity index is 0.000000552. The zero-order valence-electron chi connectivity index (χ0n) is 14.6. The van der Waals surface area contributed by atoms with E-state index in [1.807, 2.05) is 0 Å². The first-order valence-corrected chi connectivity index (χ1v) is 8.04. The zero-order valence-corrected chi connectivity index (χ0v) is 14.6. The van der Waals surface area contributed by atoms with Crippen molar-refractivity contribution in [2.45, 2.75) is 44.2 Å². The van der Waals surface area contributed by atoms with Gasteiger partial charge in [-0.25, -0.2) is 4.98 Å². The normalized spacial score (nSPS) is 21.9. The van der Waals surface area contributed by atoms with E-state index in [1.165, 1.54) is 0 Å². The van der Waals surface area contributed by atoms with Gasteiger partial charge in [0.25, 0.3) is 5.97 Å². The van der Waals surface area contributed by atoms with Crippen molar-refractivity contribution in [2.24, 2.45) is 18.5 Å². The minimum atomic E-state index is -0.833. The molecule has 142 valence electrons. The van der Waals surface area contributed by atoms with E-state index in [0.717, 1.165) is 12.7 Å². The fraction of sp³-hybridized carbons (Fsp3) is 0.533. The van der Waals surface area contributed by atoms with Crippen molar-refractivity contribution >= 4 is 11.9 Å². The summed E-state index contributed by atoms with van der Waals surface area (Å²) in [7, 11) is 1.80. The average molecular weight is 365 g/mol. The molecular weight excluding hydrogens is 342 g/mol. The van der Waals surface area contributed by atoms with Crippen LogP contribution in [0.3, 0.4) is 0 Å². The second-order valence-electron chi connectivity index (χ2n) is 6.17. The Hall–Kier alpha value is -2.79. The number of nitrogens with two attached hydrogens (primary N) is 2. The van der Waals surface area contributed by atoms with Gasteiger partial charge >= 0.3 is 0 Å². The second-order valence-corrected chi connectivity index (χ2v) is 6.17. The molecular formula is C15H23N7O4. The maximum Gasteiger partial charge on any atom is 0.300 e. The summed E-state index contributed by atoms with van der Waals surface area (Å²) in [5.74, 6) is 0.421. The highest BCUT2D eigenvalue weighted by atomic mass is 16.4. The number of aliphatic hydroxyl groups is 1. The van der Waals surface area contributed by atoms with Crippen molar-refractivity contribution in [3.63, 3.8) is 0 Å². The summed E-state index contributed by atoms with van der Waals surface area (Å²) >= 11 is 0. The number of hydrogen-bond acceptors (Lipinski definition) is 7. The minimum absolute atomic E-state index is 0.0194. The Labute approximate surface area is 149 Å².